The van der Waals surface area contributed by atoms with Crippen molar-refractivity contribution in [2.45, 2.75) is 12.5 Å². The van der Waals surface area contributed by atoms with Crippen LogP contribution >= 0.6 is 0 Å². The van der Waals surface area contributed by atoms with Crippen molar-refractivity contribution >= 4 is 17.8 Å². The molecule has 3 N–H and O–H groups in total. The maximum Gasteiger partial charge on any atom is 0.320 e. The molecule has 1 heterocycles. The smallest absolute Gasteiger partial charge is 0.320 e. The van der Waals surface area contributed by atoms with Crippen LogP contribution in [0.4, 0.5) is 0 Å². The molecule has 0 bridgehead atoms. The molecule has 0 aromatic heterocycles. The first-order chi connectivity index (χ1) is 8.52. The van der Waals surface area contributed by atoms with Crippen molar-refractivity contribution in [2.75, 3.05) is 6.54 Å². The quantitative estimate of drug-likeness (QED) is 0.735. The Kier molecular flexibility index (Phi) is 3.12. The zero-order valence-corrected chi connectivity index (χ0v) is 9.50. The second-order valence-electron chi connectivity index (χ2n) is 4.04. The van der Waals surface area contributed by atoms with E-state index in [4.69, 9.17) is 10.8 Å². The Labute approximate surface area is 103 Å². The van der Waals surface area contributed by atoms with E-state index in [1.54, 1.807) is 24.3 Å². The molecular formula is C12H12N2O4. The SMILES string of the molecule is N[C@@H](CCN1C(=O)c2ccccc2C1=O)C(=O)O. The lowest BCUT2D eigenvalue weighted by molar-refractivity contribution is -0.138. The lowest BCUT2D eigenvalue weighted by atomic mass is 10.1. The van der Waals surface area contributed by atoms with E-state index in [2.05, 4.69) is 0 Å². The zero-order chi connectivity index (χ0) is 13.3. The van der Waals surface area contributed by atoms with Crippen LogP contribution in [0.2, 0.25) is 0 Å². The van der Waals surface area contributed by atoms with Crippen LogP contribution in [0.1, 0.15) is 27.1 Å². The summed E-state index contributed by atoms with van der Waals surface area (Å²) in [5, 5.41) is 8.65. The highest BCUT2D eigenvalue weighted by Crippen LogP contribution is 2.22. The summed E-state index contributed by atoms with van der Waals surface area (Å²) < 4.78 is 0. The van der Waals surface area contributed by atoms with Gasteiger partial charge in [-0.1, -0.05) is 12.1 Å². The van der Waals surface area contributed by atoms with Crippen molar-refractivity contribution in [3.63, 3.8) is 0 Å². The molecule has 0 unspecified atom stereocenters. The fourth-order valence-electron chi connectivity index (χ4n) is 1.83. The molecule has 0 radical (unpaired) electrons. The Morgan fingerprint density at radius 1 is 1.22 bits per heavy atom. The maximum absolute atomic E-state index is 11.9. The van der Waals surface area contributed by atoms with Crippen molar-refractivity contribution in [3.05, 3.63) is 35.4 Å². The summed E-state index contributed by atoms with van der Waals surface area (Å²) >= 11 is 0. The van der Waals surface area contributed by atoms with Gasteiger partial charge in [-0.3, -0.25) is 19.3 Å². The zero-order valence-electron chi connectivity index (χ0n) is 9.50. The van der Waals surface area contributed by atoms with Crippen molar-refractivity contribution < 1.29 is 19.5 Å². The molecule has 0 fully saturated rings. The van der Waals surface area contributed by atoms with Gasteiger partial charge in [0, 0.05) is 6.54 Å². The number of rotatable bonds is 4. The molecule has 1 aliphatic heterocycles. The number of carbonyl (C=O) groups excluding carboxylic acids is 2. The molecule has 2 rings (SSSR count). The summed E-state index contributed by atoms with van der Waals surface area (Å²) in [6.07, 6.45) is 0.0425. The summed E-state index contributed by atoms with van der Waals surface area (Å²) in [5.41, 5.74) is 6.05. The number of imide groups is 1. The second-order valence-corrected chi connectivity index (χ2v) is 4.04. The summed E-state index contributed by atoms with van der Waals surface area (Å²) in [7, 11) is 0. The van der Waals surface area contributed by atoms with Gasteiger partial charge in [-0.2, -0.15) is 0 Å². The number of hydrogen-bond acceptors (Lipinski definition) is 4. The summed E-state index contributed by atoms with van der Waals surface area (Å²) in [6, 6.07) is 5.43. The highest BCUT2D eigenvalue weighted by molar-refractivity contribution is 6.21. The van der Waals surface area contributed by atoms with Gasteiger partial charge in [-0.15, -0.1) is 0 Å². The third kappa shape index (κ3) is 1.98. The van der Waals surface area contributed by atoms with E-state index in [0.717, 1.165) is 4.90 Å². The Balaban J connectivity index is 2.12. The van der Waals surface area contributed by atoms with Gasteiger partial charge in [0.15, 0.2) is 0 Å². The summed E-state index contributed by atoms with van der Waals surface area (Å²) in [6.45, 7) is 0.0137. The number of benzene rings is 1. The normalized spacial score (nSPS) is 15.7. The maximum atomic E-state index is 11.9. The first-order valence-corrected chi connectivity index (χ1v) is 5.46. The predicted octanol–water partition coefficient (Wildman–Crippen LogP) is 0.0846. The van der Waals surface area contributed by atoms with Gasteiger partial charge < -0.3 is 10.8 Å². The van der Waals surface area contributed by atoms with Crippen LogP contribution in [-0.2, 0) is 4.79 Å². The number of amides is 2. The molecule has 6 heteroatoms. The third-order valence-electron chi connectivity index (χ3n) is 2.86. The summed E-state index contributed by atoms with van der Waals surface area (Å²) in [4.78, 5) is 35.4. The minimum atomic E-state index is -1.15. The molecule has 0 aliphatic carbocycles. The monoisotopic (exact) mass is 248 g/mol. The van der Waals surface area contributed by atoms with Crippen LogP contribution < -0.4 is 5.73 Å². The number of carboxylic acids is 1. The van der Waals surface area contributed by atoms with Gasteiger partial charge in [-0.05, 0) is 18.6 Å². The van der Waals surface area contributed by atoms with Gasteiger partial charge in [0.1, 0.15) is 6.04 Å². The largest absolute Gasteiger partial charge is 0.480 e. The van der Waals surface area contributed by atoms with Crippen LogP contribution in [-0.4, -0.2) is 40.4 Å². The van der Waals surface area contributed by atoms with Gasteiger partial charge >= 0.3 is 5.97 Å². The Hall–Kier alpha value is -2.21. The first kappa shape index (κ1) is 12.3. The highest BCUT2D eigenvalue weighted by Gasteiger charge is 2.35. The number of nitrogens with two attached hydrogens (primary N) is 1. The molecule has 1 aromatic carbocycles. The molecule has 1 aromatic rings. The van der Waals surface area contributed by atoms with E-state index in [-0.39, 0.29) is 13.0 Å². The molecule has 2 amide bonds. The number of aliphatic carboxylic acids is 1. The molecule has 18 heavy (non-hydrogen) atoms. The highest BCUT2D eigenvalue weighted by atomic mass is 16.4. The van der Waals surface area contributed by atoms with Crippen LogP contribution in [0.3, 0.4) is 0 Å². The van der Waals surface area contributed by atoms with E-state index >= 15 is 0 Å². The molecule has 0 saturated heterocycles. The fraction of sp³-hybridized carbons (Fsp3) is 0.250. The Morgan fingerprint density at radius 2 is 1.72 bits per heavy atom. The van der Waals surface area contributed by atoms with Crippen LogP contribution in [0.15, 0.2) is 24.3 Å². The topological polar surface area (TPSA) is 101 Å². The van der Waals surface area contributed by atoms with Crippen LogP contribution in [0.5, 0.6) is 0 Å². The molecule has 1 atom stereocenters. The first-order valence-electron chi connectivity index (χ1n) is 5.46. The number of carbonyl (C=O) groups is 3. The Morgan fingerprint density at radius 3 is 2.17 bits per heavy atom. The minimum absolute atomic E-state index is 0.0137. The number of nitrogens with zero attached hydrogens (tertiary/aromatic N) is 1. The van der Waals surface area contributed by atoms with Crippen molar-refractivity contribution in [3.8, 4) is 0 Å². The Bertz CT molecular complexity index is 492. The van der Waals surface area contributed by atoms with E-state index < -0.39 is 23.8 Å². The molecule has 0 spiro atoms. The molecule has 94 valence electrons. The lowest BCUT2D eigenvalue weighted by Gasteiger charge is -2.15. The number of fused-ring (bicyclic) bond motifs is 1. The molecular weight excluding hydrogens is 236 g/mol. The third-order valence-corrected chi connectivity index (χ3v) is 2.86. The van der Waals surface area contributed by atoms with Crippen molar-refractivity contribution in [2.24, 2.45) is 5.73 Å². The van der Waals surface area contributed by atoms with Gasteiger partial charge in [0.25, 0.3) is 11.8 Å². The lowest BCUT2D eigenvalue weighted by Crippen LogP contribution is -2.37. The minimum Gasteiger partial charge on any atom is -0.480 e. The van der Waals surface area contributed by atoms with E-state index in [9.17, 15) is 14.4 Å². The van der Waals surface area contributed by atoms with Crippen LogP contribution in [0, 0.1) is 0 Å². The number of hydrogen-bond donors (Lipinski definition) is 2. The van der Waals surface area contributed by atoms with Crippen molar-refractivity contribution in [1.82, 2.24) is 4.90 Å². The van der Waals surface area contributed by atoms with E-state index in [1.807, 2.05) is 0 Å². The predicted molar refractivity (Wildman–Crippen MR) is 62.0 cm³/mol. The average molecular weight is 248 g/mol. The summed E-state index contributed by atoms with van der Waals surface area (Å²) in [5.74, 6) is -1.94. The van der Waals surface area contributed by atoms with E-state index in [0.29, 0.717) is 11.1 Å². The molecule has 6 nitrogen and oxygen atoms in total. The standard InChI is InChI=1S/C12H12N2O4/c13-9(12(17)18)5-6-14-10(15)7-3-1-2-4-8(7)11(14)16/h1-4,9H,5-6,13H2,(H,17,18)/t9-/m0/s1. The fourth-order valence-corrected chi connectivity index (χ4v) is 1.83. The number of carboxylic acid groups (broad SMARTS) is 1. The van der Waals surface area contributed by atoms with E-state index in [1.165, 1.54) is 0 Å². The molecule has 1 aliphatic rings. The van der Waals surface area contributed by atoms with Crippen molar-refractivity contribution in [1.29, 1.82) is 0 Å². The average Bonchev–Trinajstić information content (AvgIpc) is 2.60. The van der Waals surface area contributed by atoms with Gasteiger partial charge in [-0.25, -0.2) is 0 Å². The van der Waals surface area contributed by atoms with Crippen LogP contribution in [0.25, 0.3) is 0 Å². The second kappa shape index (κ2) is 4.58. The molecule has 0 saturated carbocycles. The van der Waals surface area contributed by atoms with Gasteiger partial charge in [0.2, 0.25) is 0 Å². The van der Waals surface area contributed by atoms with Gasteiger partial charge in [0.05, 0.1) is 11.1 Å².